The molecule has 0 saturated carbocycles. The minimum atomic E-state index is -0.0604. The largest absolute Gasteiger partial charge is 0.341 e. The summed E-state index contributed by atoms with van der Waals surface area (Å²) < 4.78 is 0. The summed E-state index contributed by atoms with van der Waals surface area (Å²) in [7, 11) is 3.48. The van der Waals surface area contributed by atoms with E-state index in [-0.39, 0.29) is 6.03 Å². The zero-order valence-electron chi connectivity index (χ0n) is 13.3. The van der Waals surface area contributed by atoms with Crippen molar-refractivity contribution in [2.45, 2.75) is 27.7 Å². The van der Waals surface area contributed by atoms with Gasteiger partial charge in [-0.1, -0.05) is 0 Å². The quantitative estimate of drug-likeness (QED) is 0.828. The van der Waals surface area contributed by atoms with Crippen LogP contribution < -0.4 is 9.80 Å². The first-order valence-electron chi connectivity index (χ1n) is 7.03. The fourth-order valence-electron chi connectivity index (χ4n) is 2.02. The van der Waals surface area contributed by atoms with Crippen molar-refractivity contribution in [3.05, 3.63) is 11.9 Å². The summed E-state index contributed by atoms with van der Waals surface area (Å²) in [6, 6.07) is -0.0604. The third-order valence-electron chi connectivity index (χ3n) is 3.21. The van der Waals surface area contributed by atoms with Crippen molar-refractivity contribution in [3.63, 3.8) is 0 Å². The maximum absolute atomic E-state index is 12.1. The molecule has 0 aliphatic rings. The summed E-state index contributed by atoms with van der Waals surface area (Å²) in [5, 5.41) is 0. The molecule has 6 nitrogen and oxygen atoms in total. The van der Waals surface area contributed by atoms with Gasteiger partial charge in [0.15, 0.2) is 0 Å². The lowest BCUT2D eigenvalue weighted by molar-refractivity contribution is 0.224. The molecule has 1 heterocycles. The predicted octanol–water partition coefficient (Wildman–Crippen LogP) is 2.14. The first kappa shape index (κ1) is 16.2. The molecule has 0 fully saturated rings. The molecule has 0 atom stereocenters. The number of hydrogen-bond acceptors (Lipinski definition) is 4. The van der Waals surface area contributed by atoms with Gasteiger partial charge in [0, 0.05) is 33.7 Å². The third kappa shape index (κ3) is 3.37. The summed E-state index contributed by atoms with van der Waals surface area (Å²) >= 11 is 0. The Morgan fingerprint density at radius 3 is 2.15 bits per heavy atom. The molecule has 0 radical (unpaired) electrons. The van der Waals surface area contributed by atoms with Crippen LogP contribution in [-0.4, -0.2) is 54.6 Å². The fraction of sp³-hybridized carbons (Fsp3) is 0.643. The van der Waals surface area contributed by atoms with E-state index in [1.54, 1.807) is 30.1 Å². The Labute approximate surface area is 121 Å². The van der Waals surface area contributed by atoms with Crippen LogP contribution in [0, 0.1) is 6.92 Å². The van der Waals surface area contributed by atoms with Gasteiger partial charge in [0.2, 0.25) is 5.95 Å². The van der Waals surface area contributed by atoms with Gasteiger partial charge in [0.25, 0.3) is 0 Å². The minimum absolute atomic E-state index is 0.0604. The van der Waals surface area contributed by atoms with Crippen LogP contribution in [0.2, 0.25) is 0 Å². The molecular weight excluding hydrogens is 254 g/mol. The molecule has 0 saturated heterocycles. The summed E-state index contributed by atoms with van der Waals surface area (Å²) in [5.74, 6) is 0.713. The lowest BCUT2D eigenvalue weighted by Crippen LogP contribution is -2.39. The average Bonchev–Trinajstić information content (AvgIpc) is 2.42. The highest BCUT2D eigenvalue weighted by Gasteiger charge is 2.19. The summed E-state index contributed by atoms with van der Waals surface area (Å²) in [6.07, 6.45) is 1.74. The van der Waals surface area contributed by atoms with Crippen LogP contribution in [0.3, 0.4) is 0 Å². The number of aryl methyl sites for hydroxylation is 1. The number of carbonyl (C=O) groups is 1. The molecular formula is C14H25N5O. The number of anilines is 2. The van der Waals surface area contributed by atoms with Crippen molar-refractivity contribution < 1.29 is 4.79 Å². The fourth-order valence-corrected chi connectivity index (χ4v) is 2.02. The first-order chi connectivity index (χ1) is 9.46. The monoisotopic (exact) mass is 279 g/mol. The van der Waals surface area contributed by atoms with Gasteiger partial charge in [-0.2, -0.15) is 0 Å². The highest BCUT2D eigenvalue weighted by atomic mass is 16.2. The van der Waals surface area contributed by atoms with Gasteiger partial charge in [0.05, 0.1) is 17.6 Å². The van der Waals surface area contributed by atoms with Crippen LogP contribution in [0.1, 0.15) is 26.5 Å². The molecule has 0 N–H and O–H groups in total. The number of amides is 2. The van der Waals surface area contributed by atoms with Crippen molar-refractivity contribution in [1.82, 2.24) is 14.9 Å². The zero-order valence-corrected chi connectivity index (χ0v) is 13.3. The van der Waals surface area contributed by atoms with Crippen molar-refractivity contribution in [3.8, 4) is 0 Å². The van der Waals surface area contributed by atoms with E-state index < -0.39 is 0 Å². The molecule has 20 heavy (non-hydrogen) atoms. The second-order valence-electron chi connectivity index (χ2n) is 4.73. The molecule has 6 heteroatoms. The van der Waals surface area contributed by atoms with Gasteiger partial charge in [0.1, 0.15) is 0 Å². The van der Waals surface area contributed by atoms with E-state index in [4.69, 9.17) is 0 Å². The first-order valence-corrected chi connectivity index (χ1v) is 7.03. The molecule has 0 aliphatic heterocycles. The molecule has 0 unspecified atom stereocenters. The Kier molecular flexibility index (Phi) is 5.73. The molecule has 1 aromatic rings. The number of nitrogens with zero attached hydrogens (tertiary/aromatic N) is 5. The highest BCUT2D eigenvalue weighted by Crippen LogP contribution is 2.20. The highest BCUT2D eigenvalue weighted by molar-refractivity contribution is 5.92. The number of urea groups is 1. The van der Waals surface area contributed by atoms with E-state index in [1.165, 1.54) is 0 Å². The summed E-state index contributed by atoms with van der Waals surface area (Å²) in [5.41, 5.74) is 1.58. The van der Waals surface area contributed by atoms with Crippen LogP contribution in [-0.2, 0) is 0 Å². The lowest BCUT2D eigenvalue weighted by atomic mass is 10.3. The second-order valence-corrected chi connectivity index (χ2v) is 4.73. The zero-order chi connectivity index (χ0) is 15.3. The van der Waals surface area contributed by atoms with Gasteiger partial charge in [-0.15, -0.1) is 0 Å². The van der Waals surface area contributed by atoms with Crippen LogP contribution in [0.15, 0.2) is 6.20 Å². The van der Waals surface area contributed by atoms with Gasteiger partial charge in [-0.05, 0) is 27.7 Å². The molecule has 112 valence electrons. The molecule has 1 rings (SSSR count). The molecule has 1 aromatic heterocycles. The number of carbonyl (C=O) groups excluding carboxylic acids is 1. The van der Waals surface area contributed by atoms with E-state index in [0.717, 1.165) is 24.5 Å². The van der Waals surface area contributed by atoms with Crippen LogP contribution in [0.25, 0.3) is 0 Å². The Hall–Kier alpha value is -1.85. The maximum atomic E-state index is 12.1. The van der Waals surface area contributed by atoms with Crippen LogP contribution in [0.4, 0.5) is 16.4 Å². The van der Waals surface area contributed by atoms with Gasteiger partial charge in [-0.3, -0.25) is 4.90 Å². The van der Waals surface area contributed by atoms with Gasteiger partial charge in [-0.25, -0.2) is 14.8 Å². The van der Waals surface area contributed by atoms with E-state index in [9.17, 15) is 4.79 Å². The van der Waals surface area contributed by atoms with Crippen molar-refractivity contribution in [2.75, 3.05) is 43.5 Å². The molecule has 0 aliphatic carbocycles. The van der Waals surface area contributed by atoms with Crippen LogP contribution >= 0.6 is 0 Å². The van der Waals surface area contributed by atoms with Gasteiger partial charge >= 0.3 is 6.03 Å². The Bertz CT molecular complexity index is 457. The number of aromatic nitrogens is 2. The number of hydrogen-bond donors (Lipinski definition) is 0. The van der Waals surface area contributed by atoms with Gasteiger partial charge < -0.3 is 9.80 Å². The third-order valence-corrected chi connectivity index (χ3v) is 3.21. The summed E-state index contributed by atoms with van der Waals surface area (Å²) in [4.78, 5) is 26.4. The van der Waals surface area contributed by atoms with Crippen molar-refractivity contribution in [2.24, 2.45) is 0 Å². The van der Waals surface area contributed by atoms with Crippen molar-refractivity contribution in [1.29, 1.82) is 0 Å². The van der Waals surface area contributed by atoms with Crippen molar-refractivity contribution >= 4 is 17.7 Å². The second kappa shape index (κ2) is 7.07. The van der Waals surface area contributed by atoms with E-state index in [2.05, 4.69) is 28.7 Å². The normalized spacial score (nSPS) is 10.3. The maximum Gasteiger partial charge on any atom is 0.324 e. The molecule has 0 bridgehead atoms. The molecule has 0 spiro atoms. The molecule has 2 amide bonds. The SMILES string of the molecule is CCN(CC)c1ncc(N(CC)C(=O)N(C)C)c(C)n1. The predicted molar refractivity (Wildman–Crippen MR) is 82.4 cm³/mol. The minimum Gasteiger partial charge on any atom is -0.341 e. The van der Waals surface area contributed by atoms with Crippen LogP contribution in [0.5, 0.6) is 0 Å². The standard InChI is InChI=1S/C14H25N5O/c1-7-18(8-2)13-15-10-12(11(4)16-13)19(9-3)14(20)17(5)6/h10H,7-9H2,1-6H3. The smallest absolute Gasteiger partial charge is 0.324 e. The van der Waals surface area contributed by atoms with E-state index in [0.29, 0.717) is 12.5 Å². The van der Waals surface area contributed by atoms with E-state index >= 15 is 0 Å². The average molecular weight is 279 g/mol. The summed E-state index contributed by atoms with van der Waals surface area (Å²) in [6.45, 7) is 10.3. The Morgan fingerprint density at radius 2 is 1.75 bits per heavy atom. The van der Waals surface area contributed by atoms with E-state index in [1.807, 2.05) is 13.8 Å². The topological polar surface area (TPSA) is 52.6 Å². The Balaban J connectivity index is 3.11. The number of rotatable bonds is 5. The molecule has 0 aromatic carbocycles. The Morgan fingerprint density at radius 1 is 1.15 bits per heavy atom. The lowest BCUT2D eigenvalue weighted by Gasteiger charge is -2.26.